The monoisotopic (exact) mass is 244 g/mol. The third-order valence-corrected chi connectivity index (χ3v) is 3.17. The van der Waals surface area contributed by atoms with E-state index in [-0.39, 0.29) is 0 Å². The van der Waals surface area contributed by atoms with Crippen LogP contribution in [0.4, 0.5) is 0 Å². The first-order chi connectivity index (χ1) is 8.69. The Balaban J connectivity index is 2.61. The Labute approximate surface area is 108 Å². The van der Waals surface area contributed by atoms with E-state index in [2.05, 4.69) is 25.0 Å². The predicted molar refractivity (Wildman–Crippen MR) is 73.7 cm³/mol. The lowest BCUT2D eigenvalue weighted by Gasteiger charge is -2.09. The Morgan fingerprint density at radius 1 is 1.22 bits per heavy atom. The van der Waals surface area contributed by atoms with Crippen molar-refractivity contribution in [2.45, 2.75) is 40.2 Å². The van der Waals surface area contributed by atoms with Crippen LogP contribution in [-0.2, 0) is 13.0 Å². The van der Waals surface area contributed by atoms with Gasteiger partial charge in [0.05, 0.1) is 0 Å². The van der Waals surface area contributed by atoms with Gasteiger partial charge in [0, 0.05) is 12.1 Å². The molecule has 3 heteroatoms. The van der Waals surface area contributed by atoms with Crippen LogP contribution in [-0.4, -0.2) is 14.9 Å². The van der Waals surface area contributed by atoms with Crippen molar-refractivity contribution in [1.82, 2.24) is 9.78 Å². The van der Waals surface area contributed by atoms with Gasteiger partial charge in [-0.3, -0.25) is 4.68 Å². The molecule has 96 valence electrons. The summed E-state index contributed by atoms with van der Waals surface area (Å²) in [5.41, 5.74) is 3.86. The van der Waals surface area contributed by atoms with Crippen LogP contribution in [0.1, 0.15) is 31.5 Å². The average molecular weight is 244 g/mol. The lowest BCUT2D eigenvalue weighted by molar-refractivity contribution is 0.470. The number of nitrogens with zero attached hydrogens (tertiary/aromatic N) is 2. The highest BCUT2D eigenvalue weighted by atomic mass is 16.3. The largest absolute Gasteiger partial charge is 0.504 e. The summed E-state index contributed by atoms with van der Waals surface area (Å²) in [6, 6.07) is 8.11. The standard InChI is InChI=1S/C15H20N2O/c1-4-10-17-14(15(18)13(5-2)16-17)12-9-7-6-8-11(12)3/h6-9,18H,4-5,10H2,1-3H3. The molecule has 0 aliphatic rings. The molecule has 3 nitrogen and oxygen atoms in total. The predicted octanol–water partition coefficient (Wildman–Crippen LogP) is 3.54. The summed E-state index contributed by atoms with van der Waals surface area (Å²) in [7, 11) is 0. The minimum Gasteiger partial charge on any atom is -0.504 e. The number of aromatic hydroxyl groups is 1. The summed E-state index contributed by atoms with van der Waals surface area (Å²) >= 11 is 0. The van der Waals surface area contributed by atoms with Gasteiger partial charge < -0.3 is 5.11 Å². The first kappa shape index (κ1) is 12.7. The fourth-order valence-electron chi connectivity index (χ4n) is 2.22. The summed E-state index contributed by atoms with van der Waals surface area (Å²) in [4.78, 5) is 0. The minimum absolute atomic E-state index is 0.334. The SMILES string of the molecule is CCCn1nc(CC)c(O)c1-c1ccccc1C. The molecule has 0 saturated carbocycles. The van der Waals surface area contributed by atoms with E-state index in [1.807, 2.05) is 29.8 Å². The molecule has 2 aromatic rings. The van der Waals surface area contributed by atoms with Crippen molar-refractivity contribution in [1.29, 1.82) is 0 Å². The molecule has 1 aromatic heterocycles. The molecule has 0 fully saturated rings. The van der Waals surface area contributed by atoms with Crippen LogP contribution in [0.15, 0.2) is 24.3 Å². The maximum absolute atomic E-state index is 10.3. The number of aromatic nitrogens is 2. The first-order valence-corrected chi connectivity index (χ1v) is 6.53. The van der Waals surface area contributed by atoms with Crippen LogP contribution in [0, 0.1) is 6.92 Å². The maximum Gasteiger partial charge on any atom is 0.164 e. The van der Waals surface area contributed by atoms with E-state index in [9.17, 15) is 5.11 Å². The van der Waals surface area contributed by atoms with Crippen LogP contribution in [0.2, 0.25) is 0 Å². The van der Waals surface area contributed by atoms with E-state index in [1.165, 1.54) is 0 Å². The Morgan fingerprint density at radius 3 is 2.56 bits per heavy atom. The molecule has 0 spiro atoms. The Morgan fingerprint density at radius 2 is 1.94 bits per heavy atom. The quantitative estimate of drug-likeness (QED) is 0.893. The lowest BCUT2D eigenvalue weighted by Crippen LogP contribution is -2.02. The molecule has 1 heterocycles. The van der Waals surface area contributed by atoms with Crippen molar-refractivity contribution in [3.8, 4) is 17.0 Å². The van der Waals surface area contributed by atoms with Crippen molar-refractivity contribution in [2.24, 2.45) is 0 Å². The molecule has 0 atom stereocenters. The topological polar surface area (TPSA) is 38.0 Å². The molecule has 1 N–H and O–H groups in total. The zero-order chi connectivity index (χ0) is 13.1. The van der Waals surface area contributed by atoms with Gasteiger partial charge in [-0.2, -0.15) is 5.10 Å². The second-order valence-corrected chi connectivity index (χ2v) is 4.54. The molecular formula is C15H20N2O. The Bertz CT molecular complexity index is 543. The van der Waals surface area contributed by atoms with Crippen LogP contribution < -0.4 is 0 Å². The summed E-state index contributed by atoms with van der Waals surface area (Å²) < 4.78 is 1.93. The molecule has 0 unspecified atom stereocenters. The second kappa shape index (κ2) is 5.25. The molecule has 18 heavy (non-hydrogen) atoms. The number of hydrogen-bond acceptors (Lipinski definition) is 2. The Kier molecular flexibility index (Phi) is 3.70. The number of hydrogen-bond donors (Lipinski definition) is 1. The first-order valence-electron chi connectivity index (χ1n) is 6.53. The highest BCUT2D eigenvalue weighted by Gasteiger charge is 2.18. The zero-order valence-electron chi connectivity index (χ0n) is 11.3. The fourth-order valence-corrected chi connectivity index (χ4v) is 2.22. The van der Waals surface area contributed by atoms with Crippen LogP contribution in [0.3, 0.4) is 0 Å². The van der Waals surface area contributed by atoms with Crippen molar-refractivity contribution >= 4 is 0 Å². The van der Waals surface area contributed by atoms with Crippen molar-refractivity contribution < 1.29 is 5.11 Å². The molecule has 0 amide bonds. The zero-order valence-corrected chi connectivity index (χ0v) is 11.3. The van der Waals surface area contributed by atoms with Gasteiger partial charge in [0.15, 0.2) is 5.75 Å². The van der Waals surface area contributed by atoms with Gasteiger partial charge in [-0.05, 0) is 25.3 Å². The summed E-state index contributed by atoms with van der Waals surface area (Å²) in [6.07, 6.45) is 1.75. The lowest BCUT2D eigenvalue weighted by atomic mass is 10.0. The molecule has 1 aromatic carbocycles. The third-order valence-electron chi connectivity index (χ3n) is 3.17. The van der Waals surface area contributed by atoms with E-state index in [0.29, 0.717) is 5.75 Å². The minimum atomic E-state index is 0.334. The van der Waals surface area contributed by atoms with Crippen LogP contribution >= 0.6 is 0 Å². The molecule has 0 aliphatic heterocycles. The van der Waals surface area contributed by atoms with Gasteiger partial charge in [-0.25, -0.2) is 0 Å². The highest BCUT2D eigenvalue weighted by molar-refractivity contribution is 5.70. The maximum atomic E-state index is 10.3. The Hall–Kier alpha value is -1.77. The second-order valence-electron chi connectivity index (χ2n) is 4.54. The van der Waals surface area contributed by atoms with E-state index < -0.39 is 0 Å². The van der Waals surface area contributed by atoms with E-state index in [0.717, 1.165) is 41.9 Å². The summed E-state index contributed by atoms with van der Waals surface area (Å²) in [6.45, 7) is 7.02. The van der Waals surface area contributed by atoms with Gasteiger partial charge in [0.2, 0.25) is 0 Å². The average Bonchev–Trinajstić information content (AvgIpc) is 2.67. The molecular weight excluding hydrogens is 224 g/mol. The summed E-state index contributed by atoms with van der Waals surface area (Å²) in [5.74, 6) is 0.334. The highest BCUT2D eigenvalue weighted by Crippen LogP contribution is 2.34. The van der Waals surface area contributed by atoms with E-state index >= 15 is 0 Å². The number of rotatable bonds is 4. The summed E-state index contributed by atoms with van der Waals surface area (Å²) in [5, 5.41) is 14.8. The fraction of sp³-hybridized carbons (Fsp3) is 0.400. The van der Waals surface area contributed by atoms with Crippen LogP contribution in [0.25, 0.3) is 11.3 Å². The van der Waals surface area contributed by atoms with Crippen molar-refractivity contribution in [3.63, 3.8) is 0 Å². The number of aryl methyl sites for hydroxylation is 3. The van der Waals surface area contributed by atoms with Gasteiger partial charge >= 0.3 is 0 Å². The smallest absolute Gasteiger partial charge is 0.164 e. The van der Waals surface area contributed by atoms with Crippen LogP contribution in [0.5, 0.6) is 5.75 Å². The molecule has 0 bridgehead atoms. The molecule has 0 aliphatic carbocycles. The van der Waals surface area contributed by atoms with Crippen molar-refractivity contribution in [2.75, 3.05) is 0 Å². The number of benzene rings is 1. The van der Waals surface area contributed by atoms with Gasteiger partial charge in [-0.15, -0.1) is 0 Å². The normalized spacial score (nSPS) is 10.8. The van der Waals surface area contributed by atoms with E-state index in [4.69, 9.17) is 0 Å². The molecule has 0 radical (unpaired) electrons. The van der Waals surface area contributed by atoms with E-state index in [1.54, 1.807) is 0 Å². The third kappa shape index (κ3) is 2.13. The van der Waals surface area contributed by atoms with Gasteiger partial charge in [0.1, 0.15) is 11.4 Å². The van der Waals surface area contributed by atoms with Crippen molar-refractivity contribution in [3.05, 3.63) is 35.5 Å². The van der Waals surface area contributed by atoms with Gasteiger partial charge in [0.25, 0.3) is 0 Å². The van der Waals surface area contributed by atoms with Gasteiger partial charge in [-0.1, -0.05) is 38.1 Å². The molecule has 0 saturated heterocycles. The molecule has 2 rings (SSSR count).